The van der Waals surface area contributed by atoms with E-state index in [1.54, 1.807) is 0 Å². The minimum Gasteiger partial charge on any atom is -0.266 e. The Morgan fingerprint density at radius 3 is 2.89 bits per heavy atom. The van der Waals surface area contributed by atoms with Gasteiger partial charge >= 0.3 is 0 Å². The maximum atomic E-state index is 11.5. The molecule has 0 unspecified atom stereocenters. The van der Waals surface area contributed by atoms with E-state index in [9.17, 15) is 8.78 Å². The Labute approximate surface area is 51.1 Å². The Morgan fingerprint density at radius 1 is 1.67 bits per heavy atom. The number of aromatic nitrogens is 2. The van der Waals surface area contributed by atoms with Crippen LogP contribution in [-0.4, -0.2) is 16.2 Å². The normalized spacial score (nSPS) is 10.6. The number of nitrogens with zero attached hydrogens (tertiary/aromatic N) is 2. The second kappa shape index (κ2) is 2.57. The molecule has 1 aromatic heterocycles. The van der Waals surface area contributed by atoms with Gasteiger partial charge in [0.1, 0.15) is 12.7 Å². The third kappa shape index (κ3) is 1.79. The zero-order valence-corrected chi connectivity index (χ0v) is 4.59. The third-order valence-corrected chi connectivity index (χ3v) is 0.832. The maximum Gasteiger partial charge on any atom is 0.257 e. The summed E-state index contributed by atoms with van der Waals surface area (Å²) in [5.41, 5.74) is 0. The van der Waals surface area contributed by atoms with E-state index in [2.05, 4.69) is 11.3 Å². The van der Waals surface area contributed by atoms with Crippen LogP contribution in [0.15, 0.2) is 12.3 Å². The molecule has 1 heterocycles. The smallest absolute Gasteiger partial charge is 0.257 e. The summed E-state index contributed by atoms with van der Waals surface area (Å²) in [6.07, 6.45) is 1.53. The highest BCUT2D eigenvalue weighted by Crippen LogP contribution is 1.95. The fourth-order valence-corrected chi connectivity index (χ4v) is 0.503. The van der Waals surface area contributed by atoms with E-state index in [0.717, 1.165) is 4.68 Å². The average molecular weight is 131 g/mol. The number of halogens is 2. The van der Waals surface area contributed by atoms with Gasteiger partial charge in [0.25, 0.3) is 6.43 Å². The number of hydrogen-bond acceptors (Lipinski definition) is 1. The topological polar surface area (TPSA) is 17.8 Å². The quantitative estimate of drug-likeness (QED) is 0.584. The summed E-state index contributed by atoms with van der Waals surface area (Å²) < 4.78 is 24.2. The van der Waals surface area contributed by atoms with Crippen molar-refractivity contribution in [3.63, 3.8) is 0 Å². The van der Waals surface area contributed by atoms with Gasteiger partial charge in [-0.1, -0.05) is 0 Å². The Kier molecular flexibility index (Phi) is 1.77. The van der Waals surface area contributed by atoms with Crippen LogP contribution in [0.2, 0.25) is 0 Å². The third-order valence-electron chi connectivity index (χ3n) is 0.832. The van der Waals surface area contributed by atoms with E-state index >= 15 is 0 Å². The maximum absolute atomic E-state index is 11.5. The molecule has 0 saturated heterocycles. The van der Waals surface area contributed by atoms with Crippen molar-refractivity contribution < 1.29 is 8.78 Å². The molecular formula is C5H5F2N2. The largest absolute Gasteiger partial charge is 0.266 e. The summed E-state index contributed by atoms with van der Waals surface area (Å²) in [6, 6.07) is 1.49. The molecule has 0 saturated carbocycles. The molecule has 0 aliphatic carbocycles. The first-order chi connectivity index (χ1) is 4.29. The predicted octanol–water partition coefficient (Wildman–Crippen LogP) is 0.948. The van der Waals surface area contributed by atoms with Gasteiger partial charge in [-0.2, -0.15) is 5.10 Å². The number of hydrogen-bond donors (Lipinski definition) is 0. The van der Waals surface area contributed by atoms with Crippen molar-refractivity contribution in [3.8, 4) is 0 Å². The molecule has 0 bridgehead atoms. The highest BCUT2D eigenvalue weighted by atomic mass is 19.3. The van der Waals surface area contributed by atoms with Crippen molar-refractivity contribution >= 4 is 0 Å². The monoisotopic (exact) mass is 131 g/mol. The summed E-state index contributed by atoms with van der Waals surface area (Å²) in [5.74, 6) is 0. The Morgan fingerprint density at radius 2 is 2.44 bits per heavy atom. The highest BCUT2D eigenvalue weighted by molar-refractivity contribution is 4.75. The fourth-order valence-electron chi connectivity index (χ4n) is 0.503. The molecule has 0 aromatic carbocycles. The minimum absolute atomic E-state index is 0.344. The zero-order valence-electron chi connectivity index (χ0n) is 4.59. The molecule has 1 radical (unpaired) electrons. The lowest BCUT2D eigenvalue weighted by atomic mass is 10.7. The van der Waals surface area contributed by atoms with Gasteiger partial charge in [0, 0.05) is 6.20 Å². The van der Waals surface area contributed by atoms with Crippen LogP contribution >= 0.6 is 0 Å². The first-order valence-corrected chi connectivity index (χ1v) is 2.46. The van der Waals surface area contributed by atoms with Gasteiger partial charge in [0.15, 0.2) is 0 Å². The van der Waals surface area contributed by atoms with Crippen LogP contribution in [0.25, 0.3) is 0 Å². The van der Waals surface area contributed by atoms with Crippen molar-refractivity contribution in [1.29, 1.82) is 0 Å². The molecule has 0 fully saturated rings. The summed E-state index contributed by atoms with van der Waals surface area (Å²) >= 11 is 0. The van der Waals surface area contributed by atoms with Crippen LogP contribution in [0.1, 0.15) is 0 Å². The number of alkyl halides is 2. The summed E-state index contributed by atoms with van der Waals surface area (Å²) in [5, 5.41) is 3.47. The second-order valence-corrected chi connectivity index (χ2v) is 1.56. The molecule has 1 rings (SSSR count). The first-order valence-electron chi connectivity index (χ1n) is 2.46. The minimum atomic E-state index is -2.33. The van der Waals surface area contributed by atoms with Crippen LogP contribution < -0.4 is 0 Å². The number of rotatable bonds is 2. The first kappa shape index (κ1) is 6.19. The van der Waals surface area contributed by atoms with E-state index in [4.69, 9.17) is 0 Å². The molecular weight excluding hydrogens is 126 g/mol. The van der Waals surface area contributed by atoms with E-state index < -0.39 is 6.43 Å². The lowest BCUT2D eigenvalue weighted by molar-refractivity contribution is 0.122. The van der Waals surface area contributed by atoms with Gasteiger partial charge in [-0.15, -0.1) is 0 Å². The van der Waals surface area contributed by atoms with Gasteiger partial charge in [0.2, 0.25) is 0 Å². The van der Waals surface area contributed by atoms with Gasteiger partial charge in [0.05, 0.1) is 0 Å². The fraction of sp³-hybridized carbons (Fsp3) is 0.400. The van der Waals surface area contributed by atoms with Crippen molar-refractivity contribution in [2.24, 2.45) is 0 Å². The van der Waals surface area contributed by atoms with Crippen molar-refractivity contribution in [2.45, 2.75) is 13.0 Å². The molecule has 0 atom stereocenters. The standard InChI is InChI=1S/C5H5F2N2/c6-5(7)4-9-3-1-2-8-9/h1,3,5H,4H2. The second-order valence-electron chi connectivity index (χ2n) is 1.56. The van der Waals surface area contributed by atoms with Crippen molar-refractivity contribution in [1.82, 2.24) is 9.78 Å². The van der Waals surface area contributed by atoms with Crippen LogP contribution in [0.3, 0.4) is 0 Å². The van der Waals surface area contributed by atoms with Gasteiger partial charge in [-0.05, 0) is 6.07 Å². The lowest BCUT2D eigenvalue weighted by Gasteiger charge is -1.96. The van der Waals surface area contributed by atoms with Crippen LogP contribution in [0, 0.1) is 6.20 Å². The van der Waals surface area contributed by atoms with E-state index in [1.807, 2.05) is 0 Å². The zero-order chi connectivity index (χ0) is 6.69. The Bertz CT molecular complexity index is 159. The van der Waals surface area contributed by atoms with Gasteiger partial charge < -0.3 is 0 Å². The molecule has 0 aliphatic heterocycles. The Hall–Kier alpha value is -0.930. The highest BCUT2D eigenvalue weighted by Gasteiger charge is 2.01. The van der Waals surface area contributed by atoms with Crippen molar-refractivity contribution in [3.05, 3.63) is 18.5 Å². The predicted molar refractivity (Wildman–Crippen MR) is 27.1 cm³/mol. The molecule has 0 amide bonds. The van der Waals surface area contributed by atoms with Crippen LogP contribution in [-0.2, 0) is 6.54 Å². The van der Waals surface area contributed by atoms with Crippen LogP contribution in [0.5, 0.6) is 0 Å². The van der Waals surface area contributed by atoms with Crippen LogP contribution in [0.4, 0.5) is 8.78 Å². The molecule has 9 heavy (non-hydrogen) atoms. The summed E-state index contributed by atoms with van der Waals surface area (Å²) in [6.45, 7) is -0.344. The summed E-state index contributed by atoms with van der Waals surface area (Å²) in [4.78, 5) is 0. The molecule has 49 valence electrons. The van der Waals surface area contributed by atoms with E-state index in [1.165, 1.54) is 12.3 Å². The van der Waals surface area contributed by atoms with Gasteiger partial charge in [-0.25, -0.2) is 8.78 Å². The Balaban J connectivity index is 2.48. The SMILES string of the molecule is FC(F)Cn1cc[c]n1. The lowest BCUT2D eigenvalue weighted by Crippen LogP contribution is -2.06. The molecule has 2 nitrogen and oxygen atoms in total. The average Bonchev–Trinajstić information content (AvgIpc) is 2.15. The molecule has 4 heteroatoms. The molecule has 0 spiro atoms. The molecule has 0 aliphatic rings. The van der Waals surface area contributed by atoms with Gasteiger partial charge in [-0.3, -0.25) is 4.68 Å². The van der Waals surface area contributed by atoms with E-state index in [-0.39, 0.29) is 6.54 Å². The van der Waals surface area contributed by atoms with E-state index in [0.29, 0.717) is 0 Å². The molecule has 0 N–H and O–H groups in total. The summed E-state index contributed by atoms with van der Waals surface area (Å²) in [7, 11) is 0. The molecule has 1 aromatic rings. The van der Waals surface area contributed by atoms with Crippen molar-refractivity contribution in [2.75, 3.05) is 0 Å².